The molecule has 1 aliphatic carbocycles. The number of amides is 2. The Balaban J connectivity index is 1.46. The molecule has 0 atom stereocenters. The summed E-state index contributed by atoms with van der Waals surface area (Å²) < 4.78 is 10.1. The number of nitrogens with zero attached hydrogens (tertiary/aromatic N) is 3. The Morgan fingerprint density at radius 2 is 2.00 bits per heavy atom. The molecular formula is C17H18N4O5. The van der Waals surface area contributed by atoms with Crippen molar-refractivity contribution < 1.29 is 23.5 Å². The Kier molecular flexibility index (Phi) is 5.26. The van der Waals surface area contributed by atoms with Gasteiger partial charge in [0.2, 0.25) is 18.2 Å². The molecule has 1 aliphatic rings. The Hall–Kier alpha value is -3.23. The van der Waals surface area contributed by atoms with Crippen LogP contribution in [0.5, 0.6) is 0 Å². The van der Waals surface area contributed by atoms with Crippen LogP contribution in [0.2, 0.25) is 0 Å². The van der Waals surface area contributed by atoms with Crippen LogP contribution < -0.4 is 5.32 Å². The summed E-state index contributed by atoms with van der Waals surface area (Å²) in [5.74, 6) is -0.962. The van der Waals surface area contributed by atoms with Gasteiger partial charge in [0.25, 0.3) is 5.91 Å². The van der Waals surface area contributed by atoms with Crippen molar-refractivity contribution in [1.82, 2.24) is 20.4 Å². The van der Waals surface area contributed by atoms with E-state index in [-0.39, 0.29) is 24.1 Å². The lowest BCUT2D eigenvalue weighted by Crippen LogP contribution is -2.40. The van der Waals surface area contributed by atoms with Gasteiger partial charge < -0.3 is 19.4 Å². The molecule has 0 saturated heterocycles. The number of benzene rings is 1. The van der Waals surface area contributed by atoms with E-state index in [9.17, 15) is 14.4 Å². The van der Waals surface area contributed by atoms with Crippen molar-refractivity contribution in [2.75, 3.05) is 20.2 Å². The van der Waals surface area contributed by atoms with Crippen molar-refractivity contribution in [2.24, 2.45) is 0 Å². The van der Waals surface area contributed by atoms with Crippen LogP contribution in [0.4, 0.5) is 0 Å². The van der Waals surface area contributed by atoms with Crippen molar-refractivity contribution >= 4 is 17.8 Å². The fourth-order valence-corrected chi connectivity index (χ4v) is 2.17. The summed E-state index contributed by atoms with van der Waals surface area (Å²) in [4.78, 5) is 36.9. The number of aromatic nitrogens is 2. The molecule has 0 radical (unpaired) electrons. The largest absolute Gasteiger partial charge is 0.452 e. The third-order valence-corrected chi connectivity index (χ3v) is 3.80. The summed E-state index contributed by atoms with van der Waals surface area (Å²) >= 11 is 0. The molecule has 0 bridgehead atoms. The smallest absolute Gasteiger partial charge is 0.338 e. The van der Waals surface area contributed by atoms with Crippen molar-refractivity contribution in [3.05, 3.63) is 36.2 Å². The molecule has 9 heteroatoms. The number of hydrogen-bond acceptors (Lipinski definition) is 7. The topological polar surface area (TPSA) is 115 Å². The monoisotopic (exact) mass is 358 g/mol. The van der Waals surface area contributed by atoms with E-state index in [1.54, 1.807) is 24.3 Å². The second kappa shape index (κ2) is 7.77. The number of ether oxygens (including phenoxy) is 1. The molecule has 26 heavy (non-hydrogen) atoms. The zero-order chi connectivity index (χ0) is 18.5. The Morgan fingerprint density at radius 3 is 2.62 bits per heavy atom. The zero-order valence-corrected chi connectivity index (χ0v) is 14.2. The summed E-state index contributed by atoms with van der Waals surface area (Å²) in [5.41, 5.74) is 0.951. The predicted octanol–water partition coefficient (Wildman–Crippen LogP) is 0.630. The first-order valence-corrected chi connectivity index (χ1v) is 8.10. The minimum absolute atomic E-state index is 0.0637. The van der Waals surface area contributed by atoms with E-state index >= 15 is 0 Å². The quantitative estimate of drug-likeness (QED) is 0.722. The van der Waals surface area contributed by atoms with Gasteiger partial charge in [-0.25, -0.2) is 4.79 Å². The molecule has 1 N–H and O–H groups in total. The van der Waals surface area contributed by atoms with E-state index < -0.39 is 18.5 Å². The molecule has 0 aliphatic heterocycles. The molecule has 2 aromatic rings. The maximum absolute atomic E-state index is 12.0. The fourth-order valence-electron chi connectivity index (χ4n) is 2.17. The van der Waals surface area contributed by atoms with Crippen LogP contribution >= 0.6 is 0 Å². The van der Waals surface area contributed by atoms with Gasteiger partial charge in [-0.05, 0) is 37.1 Å². The molecule has 2 amide bonds. The number of hydrogen-bond donors (Lipinski definition) is 1. The Bertz CT molecular complexity index is 784. The molecule has 0 unspecified atom stereocenters. The van der Waals surface area contributed by atoms with Gasteiger partial charge in [0, 0.05) is 18.7 Å². The first kappa shape index (κ1) is 17.6. The molecule has 1 heterocycles. The van der Waals surface area contributed by atoms with E-state index in [1.165, 1.54) is 18.3 Å². The van der Waals surface area contributed by atoms with Crippen LogP contribution in [0.15, 0.2) is 35.1 Å². The highest BCUT2D eigenvalue weighted by Gasteiger charge is 2.24. The van der Waals surface area contributed by atoms with E-state index in [2.05, 4.69) is 15.5 Å². The van der Waals surface area contributed by atoms with Gasteiger partial charge in [-0.3, -0.25) is 9.59 Å². The number of carbonyl (C=O) groups is 3. The molecular weight excluding hydrogens is 340 g/mol. The zero-order valence-electron chi connectivity index (χ0n) is 14.2. The normalized spacial score (nSPS) is 13.1. The molecule has 0 spiro atoms. The number of likely N-dealkylation sites (N-methyl/N-ethyl adjacent to an activating group) is 1. The lowest BCUT2D eigenvalue weighted by molar-refractivity contribution is -0.137. The summed E-state index contributed by atoms with van der Waals surface area (Å²) in [7, 11) is 1.49. The Labute approximate surface area is 149 Å². The second-order valence-corrected chi connectivity index (χ2v) is 5.99. The Morgan fingerprint density at radius 1 is 1.27 bits per heavy atom. The van der Waals surface area contributed by atoms with Crippen LogP contribution in [0.1, 0.15) is 23.2 Å². The molecule has 136 valence electrons. The fraction of sp³-hybridized carbons (Fsp3) is 0.353. The van der Waals surface area contributed by atoms with Crippen LogP contribution in [0, 0.1) is 0 Å². The molecule has 9 nitrogen and oxygen atoms in total. The molecule has 1 aromatic heterocycles. The molecule has 3 rings (SSSR count). The lowest BCUT2D eigenvalue weighted by Gasteiger charge is -2.16. The van der Waals surface area contributed by atoms with Crippen LogP contribution in [-0.4, -0.2) is 59.1 Å². The lowest BCUT2D eigenvalue weighted by atomic mass is 10.1. The summed E-state index contributed by atoms with van der Waals surface area (Å²) in [6.07, 6.45) is 3.17. The SMILES string of the molecule is CN(CC(=O)NC1CC1)C(=O)COC(=O)c1ccc(-c2nnco2)cc1. The number of rotatable bonds is 7. The van der Waals surface area contributed by atoms with Crippen LogP contribution in [0.3, 0.4) is 0 Å². The third kappa shape index (κ3) is 4.65. The maximum Gasteiger partial charge on any atom is 0.338 e. The summed E-state index contributed by atoms with van der Waals surface area (Å²) in [6.45, 7) is -0.497. The number of esters is 1. The first-order valence-electron chi connectivity index (χ1n) is 8.10. The minimum Gasteiger partial charge on any atom is -0.452 e. The first-order chi connectivity index (χ1) is 12.5. The van der Waals surface area contributed by atoms with E-state index in [1.807, 2.05) is 0 Å². The van der Waals surface area contributed by atoms with E-state index in [0.29, 0.717) is 11.5 Å². The van der Waals surface area contributed by atoms with Gasteiger partial charge in [0.15, 0.2) is 6.61 Å². The van der Waals surface area contributed by atoms with E-state index in [4.69, 9.17) is 9.15 Å². The van der Waals surface area contributed by atoms with Crippen molar-refractivity contribution in [3.8, 4) is 11.5 Å². The van der Waals surface area contributed by atoms with Gasteiger partial charge in [-0.15, -0.1) is 10.2 Å². The molecule has 1 saturated carbocycles. The highest BCUT2D eigenvalue weighted by atomic mass is 16.5. The number of carbonyl (C=O) groups excluding carboxylic acids is 3. The second-order valence-electron chi connectivity index (χ2n) is 5.99. The average molecular weight is 358 g/mol. The summed E-state index contributed by atoms with van der Waals surface area (Å²) in [6, 6.07) is 6.60. The van der Waals surface area contributed by atoms with Crippen molar-refractivity contribution in [2.45, 2.75) is 18.9 Å². The highest BCUT2D eigenvalue weighted by Crippen LogP contribution is 2.18. The maximum atomic E-state index is 12.0. The van der Waals surface area contributed by atoms with Crippen molar-refractivity contribution in [1.29, 1.82) is 0 Å². The highest BCUT2D eigenvalue weighted by molar-refractivity contribution is 5.92. The van der Waals surface area contributed by atoms with Crippen molar-refractivity contribution in [3.63, 3.8) is 0 Å². The minimum atomic E-state index is -0.633. The van der Waals surface area contributed by atoms with Crippen LogP contribution in [0.25, 0.3) is 11.5 Å². The van der Waals surface area contributed by atoms with Gasteiger partial charge in [-0.2, -0.15) is 0 Å². The average Bonchev–Trinajstić information content (AvgIpc) is 3.27. The van der Waals surface area contributed by atoms with Gasteiger partial charge in [-0.1, -0.05) is 0 Å². The molecule has 1 fully saturated rings. The molecule has 1 aromatic carbocycles. The number of nitrogens with one attached hydrogen (secondary N) is 1. The predicted molar refractivity (Wildman–Crippen MR) is 88.8 cm³/mol. The summed E-state index contributed by atoms with van der Waals surface area (Å²) in [5, 5.41) is 10.1. The van der Waals surface area contributed by atoms with Gasteiger partial charge >= 0.3 is 5.97 Å². The van der Waals surface area contributed by atoms with Gasteiger partial charge in [0.05, 0.1) is 12.1 Å². The van der Waals surface area contributed by atoms with Crippen LogP contribution in [-0.2, 0) is 14.3 Å². The standard InChI is InChI=1S/C17H18N4O5/c1-21(8-14(22)19-13-6-7-13)15(23)9-25-17(24)12-4-2-11(3-5-12)16-20-18-10-26-16/h2-5,10,13H,6-9H2,1H3,(H,19,22). The van der Waals surface area contributed by atoms with Gasteiger partial charge in [0.1, 0.15) is 0 Å². The third-order valence-electron chi connectivity index (χ3n) is 3.80. The van der Waals surface area contributed by atoms with E-state index in [0.717, 1.165) is 12.8 Å².